The predicted molar refractivity (Wildman–Crippen MR) is 144 cm³/mol. The number of amides is 1. The summed E-state index contributed by atoms with van der Waals surface area (Å²) in [7, 11) is 0. The molecular formula is C31H40N3O3+. The zero-order valence-electron chi connectivity index (χ0n) is 22.1. The van der Waals surface area contributed by atoms with Crippen LogP contribution in [0.3, 0.4) is 0 Å². The Bertz CT molecular complexity index is 1130. The first-order valence-electron chi connectivity index (χ1n) is 13.6. The van der Waals surface area contributed by atoms with Gasteiger partial charge in [-0.2, -0.15) is 0 Å². The fourth-order valence-electron chi connectivity index (χ4n) is 6.23. The van der Waals surface area contributed by atoms with E-state index in [1.807, 2.05) is 67.6 Å². The molecule has 6 heteroatoms. The SMILES string of the molecule is CCOC(=O)CCCCC[n+]1ccn([C@H]2CC[C@@H](C(C(N)=O)(c3ccccc3)c3ccccc3)C2)c1C. The number of primary amides is 1. The first-order chi connectivity index (χ1) is 18.0. The molecule has 3 aromatic rings. The van der Waals surface area contributed by atoms with Crippen molar-refractivity contribution in [3.8, 4) is 0 Å². The topological polar surface area (TPSA) is 78.2 Å². The van der Waals surface area contributed by atoms with E-state index in [1.54, 1.807) is 0 Å². The van der Waals surface area contributed by atoms with Gasteiger partial charge >= 0.3 is 5.97 Å². The highest BCUT2D eigenvalue weighted by molar-refractivity contribution is 5.91. The van der Waals surface area contributed by atoms with E-state index in [9.17, 15) is 9.59 Å². The molecule has 1 fully saturated rings. The van der Waals surface area contributed by atoms with Crippen molar-refractivity contribution in [2.24, 2.45) is 11.7 Å². The van der Waals surface area contributed by atoms with Crippen LogP contribution in [0, 0.1) is 12.8 Å². The number of carbonyl (C=O) groups excluding carboxylic acids is 2. The summed E-state index contributed by atoms with van der Waals surface area (Å²) in [6.07, 6.45) is 10.5. The Labute approximate surface area is 220 Å². The number of rotatable bonds is 12. The van der Waals surface area contributed by atoms with Crippen LogP contribution in [0.5, 0.6) is 0 Å². The molecule has 1 aliphatic carbocycles. The number of aromatic nitrogens is 2. The zero-order chi connectivity index (χ0) is 26.3. The van der Waals surface area contributed by atoms with E-state index in [-0.39, 0.29) is 17.8 Å². The maximum atomic E-state index is 13.4. The summed E-state index contributed by atoms with van der Waals surface area (Å²) in [5.41, 5.74) is 7.36. The summed E-state index contributed by atoms with van der Waals surface area (Å²) in [6.45, 7) is 5.38. The Hall–Kier alpha value is -3.41. The van der Waals surface area contributed by atoms with Crippen LogP contribution in [0.25, 0.3) is 0 Å². The molecule has 2 atom stereocenters. The van der Waals surface area contributed by atoms with Gasteiger partial charge in [-0.1, -0.05) is 60.7 Å². The molecule has 37 heavy (non-hydrogen) atoms. The normalized spacial score (nSPS) is 17.6. The number of hydrogen-bond donors (Lipinski definition) is 1. The average Bonchev–Trinajstić information content (AvgIpc) is 3.53. The number of ether oxygens (including phenoxy) is 1. The first-order valence-corrected chi connectivity index (χ1v) is 13.6. The van der Waals surface area contributed by atoms with Gasteiger partial charge in [-0.05, 0) is 62.5 Å². The number of unbranched alkanes of at least 4 members (excludes halogenated alkanes) is 2. The molecule has 6 nitrogen and oxygen atoms in total. The Balaban J connectivity index is 1.49. The van der Waals surface area contributed by atoms with E-state index in [1.165, 1.54) is 5.82 Å². The number of hydrogen-bond acceptors (Lipinski definition) is 3. The van der Waals surface area contributed by atoms with Crippen LogP contribution in [-0.4, -0.2) is 23.1 Å². The van der Waals surface area contributed by atoms with E-state index >= 15 is 0 Å². The molecule has 1 amide bonds. The molecular weight excluding hydrogens is 462 g/mol. The van der Waals surface area contributed by atoms with Gasteiger partial charge in [0.25, 0.3) is 5.82 Å². The third-order valence-electron chi connectivity index (χ3n) is 8.04. The number of esters is 1. The van der Waals surface area contributed by atoms with E-state index in [2.05, 4.69) is 28.5 Å². The number of nitrogens with zero attached hydrogens (tertiary/aromatic N) is 2. The summed E-state index contributed by atoms with van der Waals surface area (Å²) in [6, 6.07) is 20.4. The van der Waals surface area contributed by atoms with Gasteiger partial charge in [0, 0.05) is 13.3 Å². The van der Waals surface area contributed by atoms with Crippen LogP contribution >= 0.6 is 0 Å². The summed E-state index contributed by atoms with van der Waals surface area (Å²) in [4.78, 5) is 24.9. The molecule has 0 unspecified atom stereocenters. The quantitative estimate of drug-likeness (QED) is 0.215. The maximum absolute atomic E-state index is 13.4. The second kappa shape index (κ2) is 12.2. The fourth-order valence-corrected chi connectivity index (χ4v) is 6.23. The lowest BCUT2D eigenvalue weighted by molar-refractivity contribution is -0.703. The fraction of sp³-hybridized carbons (Fsp3) is 0.452. The lowest BCUT2D eigenvalue weighted by atomic mass is 9.64. The van der Waals surface area contributed by atoms with Crippen LogP contribution in [0.15, 0.2) is 73.1 Å². The largest absolute Gasteiger partial charge is 0.466 e. The Kier molecular flexibility index (Phi) is 8.80. The van der Waals surface area contributed by atoms with Crippen molar-refractivity contribution < 1.29 is 18.9 Å². The van der Waals surface area contributed by atoms with Crippen LogP contribution in [0.1, 0.15) is 74.9 Å². The molecule has 4 rings (SSSR count). The van der Waals surface area contributed by atoms with Crippen molar-refractivity contribution in [2.45, 2.75) is 76.8 Å². The van der Waals surface area contributed by atoms with Crippen LogP contribution < -0.4 is 10.3 Å². The summed E-state index contributed by atoms with van der Waals surface area (Å²) < 4.78 is 9.69. The van der Waals surface area contributed by atoms with Gasteiger partial charge in [-0.25, -0.2) is 9.13 Å². The van der Waals surface area contributed by atoms with Crippen molar-refractivity contribution in [3.05, 3.63) is 90.0 Å². The maximum Gasteiger partial charge on any atom is 0.305 e. The van der Waals surface area contributed by atoms with Gasteiger partial charge in [-0.3, -0.25) is 9.59 Å². The number of benzene rings is 2. The summed E-state index contributed by atoms with van der Waals surface area (Å²) in [5, 5.41) is 0. The molecule has 2 aromatic carbocycles. The third-order valence-corrected chi connectivity index (χ3v) is 8.04. The minimum atomic E-state index is -0.854. The lowest BCUT2D eigenvalue weighted by Gasteiger charge is -2.37. The molecule has 0 spiro atoms. The Morgan fingerprint density at radius 2 is 1.65 bits per heavy atom. The van der Waals surface area contributed by atoms with Crippen molar-refractivity contribution in [3.63, 3.8) is 0 Å². The number of aryl methyl sites for hydroxylation is 1. The second-order valence-corrected chi connectivity index (χ2v) is 10.1. The van der Waals surface area contributed by atoms with E-state index in [4.69, 9.17) is 10.5 Å². The number of imidazole rings is 1. The van der Waals surface area contributed by atoms with Crippen molar-refractivity contribution in [1.82, 2.24) is 4.57 Å². The summed E-state index contributed by atoms with van der Waals surface area (Å²) >= 11 is 0. The van der Waals surface area contributed by atoms with Crippen molar-refractivity contribution in [1.29, 1.82) is 0 Å². The Morgan fingerprint density at radius 1 is 1.00 bits per heavy atom. The van der Waals surface area contributed by atoms with Crippen LogP contribution in [0.4, 0.5) is 0 Å². The molecule has 0 radical (unpaired) electrons. The highest BCUT2D eigenvalue weighted by atomic mass is 16.5. The lowest BCUT2D eigenvalue weighted by Crippen LogP contribution is -2.47. The molecule has 0 saturated heterocycles. The van der Waals surface area contributed by atoms with E-state index in [0.29, 0.717) is 19.1 Å². The van der Waals surface area contributed by atoms with Gasteiger partial charge in [0.1, 0.15) is 23.9 Å². The van der Waals surface area contributed by atoms with Gasteiger partial charge in [0.15, 0.2) is 0 Å². The number of carbonyl (C=O) groups is 2. The van der Waals surface area contributed by atoms with E-state index in [0.717, 1.165) is 56.2 Å². The monoisotopic (exact) mass is 502 g/mol. The van der Waals surface area contributed by atoms with Crippen molar-refractivity contribution >= 4 is 11.9 Å². The molecule has 1 aromatic heterocycles. The van der Waals surface area contributed by atoms with Crippen LogP contribution in [0.2, 0.25) is 0 Å². The minimum Gasteiger partial charge on any atom is -0.466 e. The predicted octanol–water partition coefficient (Wildman–Crippen LogP) is 5.02. The molecule has 196 valence electrons. The smallest absolute Gasteiger partial charge is 0.305 e. The minimum absolute atomic E-state index is 0.105. The molecule has 0 aliphatic heterocycles. The molecule has 2 N–H and O–H groups in total. The van der Waals surface area contributed by atoms with Gasteiger partial charge in [-0.15, -0.1) is 0 Å². The zero-order valence-corrected chi connectivity index (χ0v) is 22.1. The summed E-state index contributed by atoms with van der Waals surface area (Å²) in [5.74, 6) is 0.946. The first kappa shape index (κ1) is 26.6. The average molecular weight is 503 g/mol. The standard InChI is InChI=1S/C31H39N3O3/c1-3-37-29(35)17-11-6-12-20-33-21-22-34(24(33)2)28-19-18-27(23-28)31(30(32)36,25-13-7-4-8-14-25)26-15-9-5-10-16-26/h4-5,7-10,13-16,21-22,27-28H,3,6,11-12,17-20,23H2,1-2H3,(H-,32,36)/p+1/t27-,28+/m1/s1. The third kappa shape index (κ3) is 5.63. The molecule has 1 aliphatic rings. The van der Waals surface area contributed by atoms with Gasteiger partial charge < -0.3 is 10.5 Å². The Morgan fingerprint density at radius 3 is 2.24 bits per heavy atom. The highest BCUT2D eigenvalue weighted by Gasteiger charge is 2.51. The van der Waals surface area contributed by atoms with Gasteiger partial charge in [0.05, 0.1) is 13.2 Å². The van der Waals surface area contributed by atoms with E-state index < -0.39 is 5.41 Å². The number of nitrogens with two attached hydrogens (primary N) is 1. The van der Waals surface area contributed by atoms with Gasteiger partial charge in [0.2, 0.25) is 5.91 Å². The second-order valence-electron chi connectivity index (χ2n) is 10.1. The molecule has 1 saturated carbocycles. The van der Waals surface area contributed by atoms with Crippen LogP contribution in [-0.2, 0) is 26.3 Å². The van der Waals surface area contributed by atoms with Crippen molar-refractivity contribution in [2.75, 3.05) is 6.61 Å². The molecule has 0 bridgehead atoms. The highest BCUT2D eigenvalue weighted by Crippen LogP contribution is 2.49. The molecule has 1 heterocycles.